The van der Waals surface area contributed by atoms with E-state index in [-0.39, 0.29) is 0 Å². The lowest BCUT2D eigenvalue weighted by Gasteiger charge is -1.88. The molecule has 0 unspecified atom stereocenters. The third kappa shape index (κ3) is 1.37. The van der Waals surface area contributed by atoms with E-state index < -0.39 is 0 Å². The van der Waals surface area contributed by atoms with Gasteiger partial charge < -0.3 is 4.42 Å². The first-order chi connectivity index (χ1) is 7.74. The van der Waals surface area contributed by atoms with Crippen LogP contribution < -0.4 is 0 Å². The first-order valence-corrected chi connectivity index (χ1v) is 5.27. The maximum atomic E-state index is 5.67. The quantitative estimate of drug-likeness (QED) is 0.655. The molecule has 0 spiro atoms. The molecule has 0 saturated heterocycles. The normalized spacial score (nSPS) is 11.1. The molecular weight excluding hydrogens is 222 g/mol. The standard InChI is InChI=1S/C11H9N3OS/c1-14-11(16)12-10(13-14)9-6-7-4-2-3-5-8(7)15-9/h2-6H,1H3,(H,12,13,16). The molecule has 1 aromatic carbocycles. The largest absolute Gasteiger partial charge is 0.453 e. The van der Waals surface area contributed by atoms with Gasteiger partial charge >= 0.3 is 0 Å². The van der Waals surface area contributed by atoms with Gasteiger partial charge in [0.2, 0.25) is 4.77 Å². The molecule has 0 aliphatic carbocycles. The van der Waals surface area contributed by atoms with E-state index >= 15 is 0 Å². The summed E-state index contributed by atoms with van der Waals surface area (Å²) in [5.41, 5.74) is 0.850. The molecular formula is C11H9N3OS. The number of rotatable bonds is 1. The molecule has 2 aromatic heterocycles. The summed E-state index contributed by atoms with van der Waals surface area (Å²) in [5.74, 6) is 1.36. The predicted molar refractivity (Wildman–Crippen MR) is 63.6 cm³/mol. The van der Waals surface area contributed by atoms with Gasteiger partial charge in [-0.25, -0.2) is 0 Å². The Morgan fingerprint density at radius 1 is 1.38 bits per heavy atom. The lowest BCUT2D eigenvalue weighted by atomic mass is 10.2. The third-order valence-corrected chi connectivity index (χ3v) is 2.79. The Morgan fingerprint density at radius 2 is 2.19 bits per heavy atom. The van der Waals surface area contributed by atoms with Crippen LogP contribution in [0.5, 0.6) is 0 Å². The average Bonchev–Trinajstić information content (AvgIpc) is 2.83. The molecule has 0 aliphatic rings. The minimum atomic E-state index is 0.510. The van der Waals surface area contributed by atoms with Crippen LogP contribution in [0.4, 0.5) is 0 Å². The first-order valence-electron chi connectivity index (χ1n) is 4.86. The van der Waals surface area contributed by atoms with Crippen LogP contribution in [0, 0.1) is 4.77 Å². The summed E-state index contributed by atoms with van der Waals surface area (Å²) in [6.07, 6.45) is 0. The Balaban J connectivity index is 2.22. The number of H-pyrrole nitrogens is 1. The van der Waals surface area contributed by atoms with Crippen LogP contribution >= 0.6 is 12.2 Å². The van der Waals surface area contributed by atoms with Gasteiger partial charge in [0.25, 0.3) is 0 Å². The number of hydrogen-bond acceptors (Lipinski definition) is 3. The molecule has 3 rings (SSSR count). The average molecular weight is 231 g/mol. The van der Waals surface area contributed by atoms with Crippen LogP contribution in [-0.2, 0) is 7.05 Å². The number of benzene rings is 1. The van der Waals surface area contributed by atoms with Gasteiger partial charge in [0, 0.05) is 12.4 Å². The summed E-state index contributed by atoms with van der Waals surface area (Å²) in [5, 5.41) is 4.09. The van der Waals surface area contributed by atoms with Gasteiger partial charge in [-0.3, -0.25) is 9.78 Å². The van der Waals surface area contributed by atoms with Crippen molar-refractivity contribution in [2.24, 2.45) is 7.05 Å². The molecule has 0 fully saturated rings. The van der Waals surface area contributed by atoms with E-state index in [0.717, 1.165) is 11.0 Å². The van der Waals surface area contributed by atoms with Crippen LogP contribution in [0.2, 0.25) is 0 Å². The molecule has 3 aromatic rings. The minimum Gasteiger partial charge on any atom is -0.453 e. The van der Waals surface area contributed by atoms with Crippen molar-refractivity contribution in [1.29, 1.82) is 0 Å². The Hall–Kier alpha value is -1.88. The van der Waals surface area contributed by atoms with Crippen molar-refractivity contribution in [3.8, 4) is 11.6 Å². The Bertz CT molecular complexity index is 674. The van der Waals surface area contributed by atoms with E-state index in [9.17, 15) is 0 Å². The van der Waals surface area contributed by atoms with E-state index in [1.54, 1.807) is 4.68 Å². The summed E-state index contributed by atoms with van der Waals surface area (Å²) >= 11 is 5.03. The highest BCUT2D eigenvalue weighted by Gasteiger charge is 2.09. The second-order valence-corrected chi connectivity index (χ2v) is 3.93. The highest BCUT2D eigenvalue weighted by molar-refractivity contribution is 7.71. The Labute approximate surface area is 96.5 Å². The van der Waals surface area contributed by atoms with Crippen LogP contribution in [0.3, 0.4) is 0 Å². The summed E-state index contributed by atoms with van der Waals surface area (Å²) in [6.45, 7) is 0. The lowest BCUT2D eigenvalue weighted by molar-refractivity contribution is 0.623. The molecule has 0 amide bonds. The molecule has 2 heterocycles. The zero-order valence-corrected chi connectivity index (χ0v) is 9.41. The second-order valence-electron chi connectivity index (χ2n) is 3.56. The fourth-order valence-electron chi connectivity index (χ4n) is 1.61. The number of fused-ring (bicyclic) bond motifs is 1. The van der Waals surface area contributed by atoms with Gasteiger partial charge in [-0.15, -0.1) is 0 Å². The van der Waals surface area contributed by atoms with Crippen molar-refractivity contribution in [2.45, 2.75) is 0 Å². The van der Waals surface area contributed by atoms with E-state index in [4.69, 9.17) is 16.6 Å². The Morgan fingerprint density at radius 3 is 2.88 bits per heavy atom. The van der Waals surface area contributed by atoms with Gasteiger partial charge in [0.15, 0.2) is 11.6 Å². The molecule has 0 atom stereocenters. The molecule has 1 N–H and O–H groups in total. The van der Waals surface area contributed by atoms with Gasteiger partial charge in [0.1, 0.15) is 5.58 Å². The molecule has 0 radical (unpaired) electrons. The number of furan rings is 1. The molecule has 4 nitrogen and oxygen atoms in total. The predicted octanol–water partition coefficient (Wildman–Crippen LogP) is 2.89. The van der Waals surface area contributed by atoms with E-state index in [0.29, 0.717) is 16.4 Å². The van der Waals surface area contributed by atoms with Gasteiger partial charge in [-0.2, -0.15) is 4.98 Å². The van der Waals surface area contributed by atoms with E-state index in [1.165, 1.54) is 0 Å². The number of nitrogens with zero attached hydrogens (tertiary/aromatic N) is 2. The van der Waals surface area contributed by atoms with E-state index in [2.05, 4.69) is 10.1 Å². The zero-order chi connectivity index (χ0) is 11.1. The topological polar surface area (TPSA) is 46.8 Å². The van der Waals surface area contributed by atoms with Crippen molar-refractivity contribution in [3.63, 3.8) is 0 Å². The number of aromatic nitrogens is 3. The van der Waals surface area contributed by atoms with Gasteiger partial charge in [0.05, 0.1) is 0 Å². The molecule has 16 heavy (non-hydrogen) atoms. The van der Waals surface area contributed by atoms with Crippen LogP contribution in [0.1, 0.15) is 0 Å². The number of aromatic amines is 1. The third-order valence-electron chi connectivity index (χ3n) is 2.43. The highest BCUT2D eigenvalue weighted by Crippen LogP contribution is 2.24. The highest BCUT2D eigenvalue weighted by atomic mass is 32.1. The van der Waals surface area contributed by atoms with E-state index in [1.807, 2.05) is 37.4 Å². The molecule has 80 valence electrons. The number of hydrogen-bond donors (Lipinski definition) is 1. The maximum absolute atomic E-state index is 5.67. The van der Waals surface area contributed by atoms with Crippen LogP contribution in [0.25, 0.3) is 22.6 Å². The monoisotopic (exact) mass is 231 g/mol. The summed E-state index contributed by atoms with van der Waals surface area (Å²) in [4.78, 5) is 4.20. The van der Waals surface area contributed by atoms with Gasteiger partial charge in [-0.05, 0) is 24.4 Å². The fourth-order valence-corrected chi connectivity index (χ4v) is 1.75. The van der Waals surface area contributed by atoms with Crippen molar-refractivity contribution < 1.29 is 4.42 Å². The van der Waals surface area contributed by atoms with Crippen molar-refractivity contribution in [2.75, 3.05) is 0 Å². The molecule has 0 bridgehead atoms. The Kier molecular flexibility index (Phi) is 1.94. The van der Waals surface area contributed by atoms with Crippen molar-refractivity contribution in [1.82, 2.24) is 14.8 Å². The summed E-state index contributed by atoms with van der Waals surface area (Å²) in [6, 6.07) is 9.79. The number of aryl methyl sites for hydroxylation is 1. The molecule has 0 aliphatic heterocycles. The maximum Gasteiger partial charge on any atom is 0.216 e. The summed E-state index contributed by atoms with van der Waals surface area (Å²) in [7, 11) is 1.82. The van der Waals surface area contributed by atoms with Crippen molar-refractivity contribution in [3.05, 3.63) is 35.1 Å². The first kappa shape index (κ1) is 9.35. The lowest BCUT2D eigenvalue weighted by Crippen LogP contribution is -1.88. The van der Waals surface area contributed by atoms with Gasteiger partial charge in [-0.1, -0.05) is 18.2 Å². The van der Waals surface area contributed by atoms with Crippen LogP contribution in [-0.4, -0.2) is 14.8 Å². The SMILES string of the molecule is Cn1[nH]c(-c2cc3ccccc3o2)nc1=S. The fraction of sp³-hybridized carbons (Fsp3) is 0.0909. The minimum absolute atomic E-state index is 0.510. The summed E-state index contributed by atoms with van der Waals surface area (Å²) < 4.78 is 7.86. The number of para-hydroxylation sites is 1. The molecule has 0 saturated carbocycles. The number of nitrogens with one attached hydrogen (secondary N) is 1. The van der Waals surface area contributed by atoms with Crippen LogP contribution in [0.15, 0.2) is 34.7 Å². The zero-order valence-electron chi connectivity index (χ0n) is 8.60. The smallest absolute Gasteiger partial charge is 0.216 e. The van der Waals surface area contributed by atoms with Crippen molar-refractivity contribution >= 4 is 23.2 Å². The molecule has 5 heteroatoms. The second kappa shape index (κ2) is 3.31.